The van der Waals surface area contributed by atoms with E-state index >= 15 is 0 Å². The van der Waals surface area contributed by atoms with Crippen molar-refractivity contribution in [1.29, 1.82) is 0 Å². The number of carbonyl (C=O) groups excluding carboxylic acids is 1. The largest absolute Gasteiger partial charge is 0.444 e. The molecule has 0 aliphatic rings. The van der Waals surface area contributed by atoms with Crippen LogP contribution in [0.25, 0.3) is 0 Å². The van der Waals surface area contributed by atoms with Crippen molar-refractivity contribution < 1.29 is 13.9 Å². The lowest BCUT2D eigenvalue weighted by atomic mass is 10.2. The SMILES string of the molecule is CC(Nc1cc(F)ccc1NC(=O)OC(C)(C)C)c1cscn1. The molecule has 0 fully saturated rings. The fourth-order valence-corrected chi connectivity index (χ4v) is 2.55. The molecule has 0 aliphatic heterocycles. The summed E-state index contributed by atoms with van der Waals surface area (Å²) in [6.07, 6.45) is -0.589. The van der Waals surface area contributed by atoms with Gasteiger partial charge in [0.05, 0.1) is 28.6 Å². The molecule has 1 aromatic heterocycles. The van der Waals surface area contributed by atoms with Crippen LogP contribution in [-0.4, -0.2) is 16.7 Å². The molecule has 7 heteroatoms. The predicted octanol–water partition coefficient (Wildman–Crippen LogP) is 4.80. The highest BCUT2D eigenvalue weighted by molar-refractivity contribution is 7.07. The number of carbonyl (C=O) groups is 1. The highest BCUT2D eigenvalue weighted by atomic mass is 32.1. The number of nitrogens with one attached hydrogen (secondary N) is 2. The lowest BCUT2D eigenvalue weighted by Gasteiger charge is -2.21. The third-order valence-electron chi connectivity index (χ3n) is 2.88. The number of anilines is 2. The highest BCUT2D eigenvalue weighted by Crippen LogP contribution is 2.27. The fraction of sp³-hybridized carbons (Fsp3) is 0.375. The molecule has 0 spiro atoms. The third-order valence-corrected chi connectivity index (χ3v) is 3.49. The van der Waals surface area contributed by atoms with E-state index < -0.39 is 17.5 Å². The molecule has 2 rings (SSSR count). The van der Waals surface area contributed by atoms with Crippen LogP contribution in [-0.2, 0) is 4.74 Å². The molecule has 5 nitrogen and oxygen atoms in total. The minimum atomic E-state index is -0.606. The lowest BCUT2D eigenvalue weighted by Crippen LogP contribution is -2.27. The molecule has 0 bridgehead atoms. The number of benzene rings is 1. The Morgan fingerprint density at radius 3 is 2.70 bits per heavy atom. The maximum absolute atomic E-state index is 13.6. The topological polar surface area (TPSA) is 63.2 Å². The van der Waals surface area contributed by atoms with E-state index in [4.69, 9.17) is 4.74 Å². The second kappa shape index (κ2) is 6.95. The molecule has 1 heterocycles. The first-order valence-electron chi connectivity index (χ1n) is 7.19. The Bertz CT molecular complexity index is 668. The Kier molecular flexibility index (Phi) is 5.20. The van der Waals surface area contributed by atoms with E-state index in [2.05, 4.69) is 15.6 Å². The monoisotopic (exact) mass is 337 g/mol. The van der Waals surface area contributed by atoms with E-state index in [0.29, 0.717) is 11.4 Å². The van der Waals surface area contributed by atoms with Gasteiger partial charge in [-0.05, 0) is 45.9 Å². The average Bonchev–Trinajstić information content (AvgIpc) is 2.93. The van der Waals surface area contributed by atoms with Gasteiger partial charge in [-0.2, -0.15) is 0 Å². The van der Waals surface area contributed by atoms with E-state index in [9.17, 15) is 9.18 Å². The van der Waals surface area contributed by atoms with Gasteiger partial charge in [0.15, 0.2) is 0 Å². The maximum Gasteiger partial charge on any atom is 0.412 e. The van der Waals surface area contributed by atoms with Crippen LogP contribution < -0.4 is 10.6 Å². The van der Waals surface area contributed by atoms with E-state index in [-0.39, 0.29) is 6.04 Å². The van der Waals surface area contributed by atoms with Crippen LogP contribution in [0.3, 0.4) is 0 Å². The summed E-state index contributed by atoms with van der Waals surface area (Å²) in [5.41, 5.74) is 2.89. The smallest absolute Gasteiger partial charge is 0.412 e. The Morgan fingerprint density at radius 1 is 1.35 bits per heavy atom. The first kappa shape index (κ1) is 17.2. The van der Waals surface area contributed by atoms with Gasteiger partial charge >= 0.3 is 6.09 Å². The Morgan fingerprint density at radius 2 is 2.09 bits per heavy atom. The van der Waals surface area contributed by atoms with Crippen LogP contribution >= 0.6 is 11.3 Å². The summed E-state index contributed by atoms with van der Waals surface area (Å²) in [4.78, 5) is 16.1. The van der Waals surface area contributed by atoms with Gasteiger partial charge in [0.2, 0.25) is 0 Å². The van der Waals surface area contributed by atoms with Crippen molar-refractivity contribution >= 4 is 28.8 Å². The summed E-state index contributed by atoms with van der Waals surface area (Å²) in [7, 11) is 0. The molecule has 2 aromatic rings. The van der Waals surface area contributed by atoms with Crippen LogP contribution in [0.5, 0.6) is 0 Å². The van der Waals surface area contributed by atoms with E-state index in [1.165, 1.54) is 29.5 Å². The molecule has 2 N–H and O–H groups in total. The molecule has 1 aromatic carbocycles. The number of amides is 1. The van der Waals surface area contributed by atoms with Gasteiger partial charge in [-0.15, -0.1) is 11.3 Å². The van der Waals surface area contributed by atoms with E-state index in [1.54, 1.807) is 26.3 Å². The number of aromatic nitrogens is 1. The van der Waals surface area contributed by atoms with Crippen molar-refractivity contribution in [3.8, 4) is 0 Å². The number of rotatable bonds is 4. The Balaban J connectivity index is 2.15. The van der Waals surface area contributed by atoms with Crippen LogP contribution in [0, 0.1) is 5.82 Å². The summed E-state index contributed by atoms with van der Waals surface area (Å²) in [6, 6.07) is 3.98. The van der Waals surface area contributed by atoms with Gasteiger partial charge in [0.1, 0.15) is 11.4 Å². The number of hydrogen-bond donors (Lipinski definition) is 2. The summed E-state index contributed by atoms with van der Waals surface area (Å²) < 4.78 is 18.8. The quantitative estimate of drug-likeness (QED) is 0.841. The molecule has 23 heavy (non-hydrogen) atoms. The van der Waals surface area contributed by atoms with Crippen molar-refractivity contribution in [3.05, 3.63) is 40.6 Å². The number of ether oxygens (including phenoxy) is 1. The molecule has 124 valence electrons. The van der Waals surface area contributed by atoms with Gasteiger partial charge in [-0.3, -0.25) is 5.32 Å². The van der Waals surface area contributed by atoms with E-state index in [0.717, 1.165) is 5.69 Å². The predicted molar refractivity (Wildman–Crippen MR) is 90.4 cm³/mol. The number of nitrogens with zero attached hydrogens (tertiary/aromatic N) is 1. The molecule has 1 amide bonds. The fourth-order valence-electron chi connectivity index (χ4n) is 1.90. The maximum atomic E-state index is 13.6. The standard InChI is InChI=1S/C16H20FN3O2S/c1-10(14-8-23-9-18-14)19-13-7-11(17)5-6-12(13)20-15(21)22-16(2,3)4/h5-10,19H,1-4H3,(H,20,21). The molecule has 1 atom stereocenters. The second-order valence-electron chi connectivity index (χ2n) is 6.10. The van der Waals surface area contributed by atoms with Crippen molar-refractivity contribution in [1.82, 2.24) is 4.98 Å². The molecule has 0 radical (unpaired) electrons. The van der Waals surface area contributed by atoms with Gasteiger partial charge in [-0.25, -0.2) is 14.2 Å². The molecular weight excluding hydrogens is 317 g/mol. The zero-order valence-corrected chi connectivity index (χ0v) is 14.3. The number of hydrogen-bond acceptors (Lipinski definition) is 5. The minimum Gasteiger partial charge on any atom is -0.444 e. The van der Waals surface area contributed by atoms with Crippen molar-refractivity contribution in [2.45, 2.75) is 39.3 Å². The van der Waals surface area contributed by atoms with Crippen LogP contribution in [0.1, 0.15) is 39.4 Å². The summed E-state index contributed by atoms with van der Waals surface area (Å²) >= 11 is 1.49. The molecule has 1 unspecified atom stereocenters. The van der Waals surface area contributed by atoms with Crippen LogP contribution in [0.4, 0.5) is 20.6 Å². The Labute approximate surface area is 138 Å². The average molecular weight is 337 g/mol. The number of halogens is 1. The third kappa shape index (κ3) is 5.21. The summed E-state index contributed by atoms with van der Waals surface area (Å²) in [6.45, 7) is 7.25. The van der Waals surface area contributed by atoms with Gasteiger partial charge in [0, 0.05) is 5.38 Å². The summed E-state index contributed by atoms with van der Waals surface area (Å²) in [5, 5.41) is 7.71. The number of thiazole rings is 1. The van der Waals surface area contributed by atoms with Gasteiger partial charge in [-0.1, -0.05) is 0 Å². The molecular formula is C16H20FN3O2S. The molecule has 0 saturated carbocycles. The van der Waals surface area contributed by atoms with Crippen molar-refractivity contribution in [2.75, 3.05) is 10.6 Å². The zero-order valence-electron chi connectivity index (χ0n) is 13.5. The first-order chi connectivity index (χ1) is 10.7. The van der Waals surface area contributed by atoms with Gasteiger partial charge < -0.3 is 10.1 Å². The lowest BCUT2D eigenvalue weighted by molar-refractivity contribution is 0.0636. The van der Waals surface area contributed by atoms with Crippen LogP contribution in [0.2, 0.25) is 0 Å². The molecule has 0 aliphatic carbocycles. The van der Waals surface area contributed by atoms with Crippen LogP contribution in [0.15, 0.2) is 29.1 Å². The highest BCUT2D eigenvalue weighted by Gasteiger charge is 2.18. The van der Waals surface area contributed by atoms with Gasteiger partial charge in [0.25, 0.3) is 0 Å². The van der Waals surface area contributed by atoms with E-state index in [1.807, 2.05) is 12.3 Å². The zero-order chi connectivity index (χ0) is 17.0. The first-order valence-corrected chi connectivity index (χ1v) is 8.13. The molecule has 0 saturated heterocycles. The normalized spacial score (nSPS) is 12.6. The van der Waals surface area contributed by atoms with Crippen molar-refractivity contribution in [2.24, 2.45) is 0 Å². The minimum absolute atomic E-state index is 0.123. The second-order valence-corrected chi connectivity index (χ2v) is 6.81. The van der Waals surface area contributed by atoms with Crippen molar-refractivity contribution in [3.63, 3.8) is 0 Å². The summed E-state index contributed by atoms with van der Waals surface area (Å²) in [5.74, 6) is -0.396. The Hall–Kier alpha value is -2.15.